The van der Waals surface area contributed by atoms with Crippen molar-refractivity contribution >= 4 is 50.2 Å². The van der Waals surface area contributed by atoms with E-state index in [9.17, 15) is 0 Å². The molecular formula is C28H20N8. The molecule has 0 aliphatic rings. The summed E-state index contributed by atoms with van der Waals surface area (Å²) in [6.07, 6.45) is 0. The van der Waals surface area contributed by atoms with E-state index in [1.807, 2.05) is 78.9 Å². The van der Waals surface area contributed by atoms with E-state index in [0.29, 0.717) is 5.69 Å². The van der Waals surface area contributed by atoms with Gasteiger partial charge in [-0.2, -0.15) is 25.3 Å². The lowest BCUT2D eigenvalue weighted by molar-refractivity contribution is 0.766. The van der Waals surface area contributed by atoms with Crippen molar-refractivity contribution in [2.75, 3.05) is 5.73 Å². The number of anilines is 1. The molecule has 172 valence electrons. The molecule has 0 bridgehead atoms. The van der Waals surface area contributed by atoms with E-state index >= 15 is 0 Å². The zero-order valence-corrected chi connectivity index (χ0v) is 19.1. The molecular weight excluding hydrogens is 448 g/mol. The summed E-state index contributed by atoms with van der Waals surface area (Å²) in [4.78, 5) is 1.65. The van der Waals surface area contributed by atoms with Gasteiger partial charge in [0, 0.05) is 11.1 Å². The maximum Gasteiger partial charge on any atom is 0.121 e. The summed E-state index contributed by atoms with van der Waals surface area (Å²) < 4.78 is 0. The summed E-state index contributed by atoms with van der Waals surface area (Å²) in [6.45, 7) is 0. The van der Waals surface area contributed by atoms with Crippen molar-refractivity contribution in [1.29, 1.82) is 0 Å². The van der Waals surface area contributed by atoms with Crippen molar-refractivity contribution in [2.45, 2.75) is 0 Å². The van der Waals surface area contributed by atoms with Crippen LogP contribution in [0.2, 0.25) is 0 Å². The van der Waals surface area contributed by atoms with E-state index in [1.165, 1.54) is 0 Å². The van der Waals surface area contributed by atoms with Crippen LogP contribution in [0, 0.1) is 0 Å². The molecule has 6 rings (SSSR count). The first-order chi connectivity index (χ1) is 17.7. The molecule has 0 saturated carbocycles. The maximum atomic E-state index is 5.69. The standard InChI is InChI=1S/C28H20N8/c29-20-6-8-21(9-7-20)30-31-22-10-12-23(13-11-22)32-33-24-14-16-25(17-15-24)36-34-27-18-5-19-3-1-2-4-26(19)28(27)35-36/h1-18H,29H2. The third-order valence-corrected chi connectivity index (χ3v) is 5.66. The largest absolute Gasteiger partial charge is 0.399 e. The second kappa shape index (κ2) is 9.19. The Hall–Kier alpha value is -5.24. The van der Waals surface area contributed by atoms with Crippen LogP contribution in [0.25, 0.3) is 27.5 Å². The first-order valence-corrected chi connectivity index (χ1v) is 11.4. The molecule has 8 nitrogen and oxygen atoms in total. The van der Waals surface area contributed by atoms with Gasteiger partial charge in [0.25, 0.3) is 0 Å². The van der Waals surface area contributed by atoms with Gasteiger partial charge in [0.1, 0.15) is 11.0 Å². The predicted octanol–water partition coefficient (Wildman–Crippen LogP) is 7.99. The van der Waals surface area contributed by atoms with E-state index in [2.05, 4.69) is 43.8 Å². The Balaban J connectivity index is 1.16. The quantitative estimate of drug-likeness (QED) is 0.205. The molecule has 1 aromatic heterocycles. The molecule has 0 amide bonds. The summed E-state index contributed by atoms with van der Waals surface area (Å²) in [5.74, 6) is 0. The van der Waals surface area contributed by atoms with Gasteiger partial charge in [-0.25, -0.2) is 0 Å². The average Bonchev–Trinajstić information content (AvgIpc) is 3.38. The number of azo groups is 2. The van der Waals surface area contributed by atoms with Crippen LogP contribution < -0.4 is 5.73 Å². The van der Waals surface area contributed by atoms with Gasteiger partial charge in [-0.3, -0.25) is 0 Å². The summed E-state index contributed by atoms with van der Waals surface area (Å²) in [5, 5.41) is 28.7. The highest BCUT2D eigenvalue weighted by Crippen LogP contribution is 2.26. The number of rotatable bonds is 5. The van der Waals surface area contributed by atoms with Gasteiger partial charge in [-0.1, -0.05) is 30.3 Å². The van der Waals surface area contributed by atoms with Gasteiger partial charge >= 0.3 is 0 Å². The molecule has 0 aliphatic carbocycles. The van der Waals surface area contributed by atoms with Crippen LogP contribution in [0.5, 0.6) is 0 Å². The number of hydrogen-bond acceptors (Lipinski definition) is 7. The van der Waals surface area contributed by atoms with Gasteiger partial charge < -0.3 is 5.73 Å². The van der Waals surface area contributed by atoms with Crippen molar-refractivity contribution in [3.8, 4) is 5.69 Å². The van der Waals surface area contributed by atoms with Crippen LogP contribution in [0.15, 0.2) is 130 Å². The van der Waals surface area contributed by atoms with Crippen molar-refractivity contribution in [3.05, 3.63) is 109 Å². The Labute approximate surface area is 206 Å². The fourth-order valence-corrected chi connectivity index (χ4v) is 3.77. The molecule has 5 aromatic carbocycles. The van der Waals surface area contributed by atoms with Crippen molar-refractivity contribution in [2.24, 2.45) is 20.5 Å². The molecule has 0 aliphatic heterocycles. The molecule has 6 aromatic rings. The van der Waals surface area contributed by atoms with E-state index in [0.717, 1.165) is 50.2 Å². The molecule has 36 heavy (non-hydrogen) atoms. The molecule has 8 heteroatoms. The fourth-order valence-electron chi connectivity index (χ4n) is 3.77. The molecule has 2 N–H and O–H groups in total. The Morgan fingerprint density at radius 1 is 0.528 bits per heavy atom. The van der Waals surface area contributed by atoms with Gasteiger partial charge in [-0.05, 0) is 84.2 Å². The topological polar surface area (TPSA) is 106 Å². The Morgan fingerprint density at radius 2 is 1.06 bits per heavy atom. The second-order valence-electron chi connectivity index (χ2n) is 8.17. The SMILES string of the molecule is Nc1ccc(N=Nc2ccc(N=Nc3ccc(-n4nc5ccc6ccccc6c5n4)cc3)cc2)cc1. The van der Waals surface area contributed by atoms with E-state index in [-0.39, 0.29) is 0 Å². The van der Waals surface area contributed by atoms with E-state index in [4.69, 9.17) is 10.8 Å². The van der Waals surface area contributed by atoms with Crippen molar-refractivity contribution < 1.29 is 0 Å². The average molecular weight is 469 g/mol. The van der Waals surface area contributed by atoms with Crippen LogP contribution in [-0.2, 0) is 0 Å². The van der Waals surface area contributed by atoms with E-state index < -0.39 is 0 Å². The summed E-state index contributed by atoms with van der Waals surface area (Å²) in [7, 11) is 0. The number of hydrogen-bond donors (Lipinski definition) is 1. The first-order valence-electron chi connectivity index (χ1n) is 11.4. The van der Waals surface area contributed by atoms with Crippen molar-refractivity contribution in [3.63, 3.8) is 0 Å². The van der Waals surface area contributed by atoms with Crippen LogP contribution >= 0.6 is 0 Å². The summed E-state index contributed by atoms with van der Waals surface area (Å²) in [6, 6.07) is 34.5. The molecule has 0 atom stereocenters. The molecule has 1 heterocycles. The Morgan fingerprint density at radius 3 is 1.67 bits per heavy atom. The maximum absolute atomic E-state index is 5.69. The lowest BCUT2D eigenvalue weighted by Gasteiger charge is -1.99. The molecule has 0 fully saturated rings. The van der Waals surface area contributed by atoms with Gasteiger partial charge in [0.15, 0.2) is 0 Å². The van der Waals surface area contributed by atoms with Gasteiger partial charge in [0.2, 0.25) is 0 Å². The van der Waals surface area contributed by atoms with Crippen LogP contribution in [0.4, 0.5) is 28.4 Å². The lowest BCUT2D eigenvalue weighted by Crippen LogP contribution is -1.97. The summed E-state index contributed by atoms with van der Waals surface area (Å²) in [5.41, 5.74) is 11.9. The minimum atomic E-state index is 0.693. The number of nitrogens with zero attached hydrogens (tertiary/aromatic N) is 7. The van der Waals surface area contributed by atoms with Gasteiger partial charge in [-0.15, -0.1) is 10.2 Å². The highest BCUT2D eigenvalue weighted by molar-refractivity contribution is 6.03. The zero-order chi connectivity index (χ0) is 24.3. The van der Waals surface area contributed by atoms with Crippen molar-refractivity contribution in [1.82, 2.24) is 15.0 Å². The minimum Gasteiger partial charge on any atom is -0.399 e. The predicted molar refractivity (Wildman–Crippen MR) is 142 cm³/mol. The highest BCUT2D eigenvalue weighted by Gasteiger charge is 2.08. The normalized spacial score (nSPS) is 11.8. The summed E-state index contributed by atoms with van der Waals surface area (Å²) >= 11 is 0. The smallest absolute Gasteiger partial charge is 0.121 e. The third-order valence-electron chi connectivity index (χ3n) is 5.66. The Bertz CT molecular complexity index is 1720. The minimum absolute atomic E-state index is 0.693. The molecule has 0 radical (unpaired) electrons. The van der Waals surface area contributed by atoms with Crippen LogP contribution in [0.3, 0.4) is 0 Å². The van der Waals surface area contributed by atoms with Crippen LogP contribution in [-0.4, -0.2) is 15.0 Å². The first kappa shape index (κ1) is 21.3. The second-order valence-corrected chi connectivity index (χ2v) is 8.17. The highest BCUT2D eigenvalue weighted by atomic mass is 15.5. The molecule has 0 unspecified atom stereocenters. The lowest BCUT2D eigenvalue weighted by atomic mass is 10.1. The van der Waals surface area contributed by atoms with Crippen LogP contribution in [0.1, 0.15) is 0 Å². The van der Waals surface area contributed by atoms with E-state index in [1.54, 1.807) is 16.9 Å². The number of aromatic nitrogens is 3. The number of nitrogen functional groups attached to an aromatic ring is 1. The number of fused-ring (bicyclic) bond motifs is 3. The third kappa shape index (κ3) is 4.43. The Kier molecular flexibility index (Phi) is 5.44. The number of benzene rings is 5. The molecule has 0 saturated heterocycles. The molecule has 0 spiro atoms. The fraction of sp³-hybridized carbons (Fsp3) is 0. The number of nitrogens with two attached hydrogens (primary N) is 1. The zero-order valence-electron chi connectivity index (χ0n) is 19.1. The van der Waals surface area contributed by atoms with Gasteiger partial charge in [0.05, 0.1) is 28.4 Å². The monoisotopic (exact) mass is 468 g/mol.